The first-order chi connectivity index (χ1) is 8.70. The van der Waals surface area contributed by atoms with Crippen LogP contribution in [0.2, 0.25) is 0 Å². The van der Waals surface area contributed by atoms with Crippen molar-refractivity contribution in [1.29, 1.82) is 0 Å². The Kier molecular flexibility index (Phi) is 4.52. The summed E-state index contributed by atoms with van der Waals surface area (Å²) in [5.41, 5.74) is 0.566. The number of halogens is 3. The highest BCUT2D eigenvalue weighted by Crippen LogP contribution is 2.15. The Morgan fingerprint density at radius 2 is 2.16 bits per heavy atom. The highest BCUT2D eigenvalue weighted by molar-refractivity contribution is 5.82. The molecule has 0 aliphatic rings. The highest BCUT2D eigenvalue weighted by atomic mass is 19.4. The molecule has 1 aromatic heterocycles. The van der Waals surface area contributed by atoms with Gasteiger partial charge in [-0.2, -0.15) is 18.3 Å². The number of hydrogen-bond donors (Lipinski definition) is 2. The van der Waals surface area contributed by atoms with Crippen LogP contribution in [0.5, 0.6) is 0 Å². The topological polar surface area (TPSA) is 84.2 Å². The lowest BCUT2D eigenvalue weighted by molar-refractivity contribution is -0.174. The van der Waals surface area contributed by atoms with Gasteiger partial charge in [0, 0.05) is 19.8 Å². The number of nitrogens with zero attached hydrogens (tertiary/aromatic N) is 2. The average molecular weight is 279 g/mol. The van der Waals surface area contributed by atoms with Crippen molar-refractivity contribution in [3.05, 3.63) is 18.0 Å². The smallest absolute Gasteiger partial charge is 0.471 e. The van der Waals surface area contributed by atoms with Crippen LogP contribution >= 0.6 is 0 Å². The van der Waals surface area contributed by atoms with Crippen molar-refractivity contribution in [2.24, 2.45) is 13.0 Å². The van der Waals surface area contributed by atoms with E-state index in [-0.39, 0.29) is 6.42 Å². The van der Waals surface area contributed by atoms with Gasteiger partial charge < -0.3 is 10.4 Å². The summed E-state index contributed by atoms with van der Waals surface area (Å²) in [6.45, 7) is -0.595. The molecule has 9 heteroatoms. The number of rotatable bonds is 5. The van der Waals surface area contributed by atoms with E-state index < -0.39 is 30.5 Å². The molecule has 6 nitrogen and oxygen atoms in total. The molecule has 2 N–H and O–H groups in total. The number of aromatic nitrogens is 2. The third-order valence-corrected chi connectivity index (χ3v) is 2.36. The first-order valence-electron chi connectivity index (χ1n) is 5.25. The zero-order valence-corrected chi connectivity index (χ0v) is 9.94. The summed E-state index contributed by atoms with van der Waals surface area (Å²) in [7, 11) is 1.63. The van der Waals surface area contributed by atoms with Gasteiger partial charge in [0.2, 0.25) is 0 Å². The Morgan fingerprint density at radius 3 is 2.58 bits per heavy atom. The summed E-state index contributed by atoms with van der Waals surface area (Å²) in [4.78, 5) is 21.5. The van der Waals surface area contributed by atoms with E-state index in [0.29, 0.717) is 5.56 Å². The molecule has 106 valence electrons. The molecule has 0 radical (unpaired) electrons. The maximum Gasteiger partial charge on any atom is 0.471 e. The minimum absolute atomic E-state index is 0.0126. The Morgan fingerprint density at radius 1 is 1.53 bits per heavy atom. The Hall–Kier alpha value is -2.06. The van der Waals surface area contributed by atoms with E-state index >= 15 is 0 Å². The Bertz CT molecular complexity index is 470. The second kappa shape index (κ2) is 5.72. The lowest BCUT2D eigenvalue weighted by Crippen LogP contribution is -2.41. The third-order valence-electron chi connectivity index (χ3n) is 2.36. The van der Waals surface area contributed by atoms with Gasteiger partial charge >= 0.3 is 18.1 Å². The molecule has 0 fully saturated rings. The number of carbonyl (C=O) groups excluding carboxylic acids is 1. The zero-order chi connectivity index (χ0) is 14.6. The molecular formula is C10H12F3N3O3. The standard InChI is InChI=1S/C10H12F3N3O3/c1-16-5-6(3-15-16)2-7(8(17)18)4-14-9(19)10(11,12)13/h3,5,7H,2,4H2,1H3,(H,14,19)(H,17,18). The summed E-state index contributed by atoms with van der Waals surface area (Å²) < 4.78 is 37.3. The second-order valence-electron chi connectivity index (χ2n) is 3.97. The van der Waals surface area contributed by atoms with Crippen LogP contribution in [0.1, 0.15) is 5.56 Å². The number of alkyl halides is 3. The number of aliphatic carboxylic acids is 1. The molecule has 0 bridgehead atoms. The summed E-state index contributed by atoms with van der Waals surface area (Å²) in [5.74, 6) is -4.58. The van der Waals surface area contributed by atoms with Crippen molar-refractivity contribution >= 4 is 11.9 Å². The van der Waals surface area contributed by atoms with Crippen LogP contribution in [-0.4, -0.2) is 39.5 Å². The largest absolute Gasteiger partial charge is 0.481 e. The molecule has 1 aromatic rings. The number of nitrogens with one attached hydrogen (secondary N) is 1. The summed E-state index contributed by atoms with van der Waals surface area (Å²) in [6, 6.07) is 0. The van der Waals surface area contributed by atoms with Crippen LogP contribution in [-0.2, 0) is 23.1 Å². The van der Waals surface area contributed by atoms with Crippen molar-refractivity contribution in [2.45, 2.75) is 12.6 Å². The SMILES string of the molecule is Cn1cc(CC(CNC(=O)C(F)(F)F)C(=O)O)cn1. The van der Waals surface area contributed by atoms with E-state index in [9.17, 15) is 22.8 Å². The molecule has 1 atom stereocenters. The van der Waals surface area contributed by atoms with Crippen molar-refractivity contribution < 1.29 is 27.9 Å². The van der Waals surface area contributed by atoms with Gasteiger partial charge in [-0.05, 0) is 12.0 Å². The fraction of sp³-hybridized carbons (Fsp3) is 0.500. The summed E-state index contributed by atoms with van der Waals surface area (Å²) in [6.07, 6.45) is -2.05. The van der Waals surface area contributed by atoms with Crippen LogP contribution in [0.4, 0.5) is 13.2 Å². The molecule has 1 heterocycles. The van der Waals surface area contributed by atoms with Gasteiger partial charge in [-0.25, -0.2) is 0 Å². The van der Waals surface area contributed by atoms with E-state index in [2.05, 4.69) is 5.10 Å². The maximum atomic E-state index is 12.0. The Balaban J connectivity index is 2.59. The molecule has 0 aliphatic heterocycles. The first-order valence-corrected chi connectivity index (χ1v) is 5.25. The molecule has 1 unspecified atom stereocenters. The lowest BCUT2D eigenvalue weighted by Gasteiger charge is -2.13. The molecule has 1 rings (SSSR count). The molecule has 0 spiro atoms. The zero-order valence-electron chi connectivity index (χ0n) is 9.94. The van der Waals surface area contributed by atoms with E-state index in [1.807, 2.05) is 0 Å². The number of amides is 1. The first kappa shape index (κ1) is 15.0. The molecule has 0 saturated carbocycles. The minimum Gasteiger partial charge on any atom is -0.481 e. The lowest BCUT2D eigenvalue weighted by atomic mass is 10.0. The van der Waals surface area contributed by atoms with Crippen LogP contribution in [0, 0.1) is 5.92 Å². The van der Waals surface area contributed by atoms with Crippen LogP contribution in [0.3, 0.4) is 0 Å². The van der Waals surface area contributed by atoms with E-state index in [4.69, 9.17) is 5.11 Å². The molecule has 0 aliphatic carbocycles. The third kappa shape index (κ3) is 4.60. The Labute approximate surface area is 106 Å². The second-order valence-corrected chi connectivity index (χ2v) is 3.97. The van der Waals surface area contributed by atoms with Gasteiger partial charge in [-0.1, -0.05) is 0 Å². The van der Waals surface area contributed by atoms with Gasteiger partial charge in [-0.15, -0.1) is 0 Å². The normalized spacial score (nSPS) is 13.1. The number of hydrogen-bond acceptors (Lipinski definition) is 3. The van der Waals surface area contributed by atoms with Crippen molar-refractivity contribution in [2.75, 3.05) is 6.54 Å². The number of carboxylic acid groups (broad SMARTS) is 1. The monoisotopic (exact) mass is 279 g/mol. The number of aryl methyl sites for hydroxylation is 1. The van der Waals surface area contributed by atoms with Gasteiger partial charge in [0.25, 0.3) is 0 Å². The fourth-order valence-electron chi connectivity index (χ4n) is 1.42. The number of carbonyl (C=O) groups is 2. The van der Waals surface area contributed by atoms with Gasteiger partial charge in [0.05, 0.1) is 12.1 Å². The van der Waals surface area contributed by atoms with Gasteiger partial charge in [0.15, 0.2) is 0 Å². The quantitative estimate of drug-likeness (QED) is 0.814. The minimum atomic E-state index is -5.02. The highest BCUT2D eigenvalue weighted by Gasteiger charge is 2.39. The van der Waals surface area contributed by atoms with E-state index in [1.54, 1.807) is 18.6 Å². The van der Waals surface area contributed by atoms with Crippen LogP contribution in [0.15, 0.2) is 12.4 Å². The summed E-state index contributed by atoms with van der Waals surface area (Å²) in [5, 5.41) is 14.3. The predicted molar refractivity (Wildman–Crippen MR) is 57.1 cm³/mol. The van der Waals surface area contributed by atoms with Gasteiger partial charge in [0.1, 0.15) is 0 Å². The molecule has 19 heavy (non-hydrogen) atoms. The summed E-state index contributed by atoms with van der Waals surface area (Å²) >= 11 is 0. The predicted octanol–water partition coefficient (Wildman–Crippen LogP) is 0.342. The van der Waals surface area contributed by atoms with Crippen LogP contribution < -0.4 is 5.32 Å². The molecule has 0 saturated heterocycles. The van der Waals surface area contributed by atoms with Crippen LogP contribution in [0.25, 0.3) is 0 Å². The maximum absolute atomic E-state index is 12.0. The van der Waals surface area contributed by atoms with Crippen molar-refractivity contribution in [3.8, 4) is 0 Å². The molecular weight excluding hydrogens is 267 g/mol. The van der Waals surface area contributed by atoms with Gasteiger partial charge in [-0.3, -0.25) is 14.3 Å². The van der Waals surface area contributed by atoms with Crippen molar-refractivity contribution in [1.82, 2.24) is 15.1 Å². The van der Waals surface area contributed by atoms with E-state index in [0.717, 1.165) is 0 Å². The van der Waals surface area contributed by atoms with Crippen molar-refractivity contribution in [3.63, 3.8) is 0 Å². The fourth-order valence-corrected chi connectivity index (χ4v) is 1.42. The number of carboxylic acids is 1. The average Bonchev–Trinajstić information content (AvgIpc) is 2.67. The molecule has 1 amide bonds. The van der Waals surface area contributed by atoms with E-state index in [1.165, 1.54) is 10.9 Å². The molecule has 0 aromatic carbocycles.